The Labute approximate surface area is 165 Å². The Balaban J connectivity index is 0.00000169. The third kappa shape index (κ3) is 6.17. The minimum absolute atomic E-state index is 0. The van der Waals surface area contributed by atoms with Crippen molar-refractivity contribution in [2.45, 2.75) is 24.9 Å². The van der Waals surface area contributed by atoms with Crippen LogP contribution in [0.15, 0.2) is 42.5 Å². The maximum Gasteiger partial charge on any atom is 0.209 e. The van der Waals surface area contributed by atoms with Gasteiger partial charge in [-0.25, -0.2) is 17.5 Å². The lowest BCUT2D eigenvalue weighted by Gasteiger charge is -2.19. The molecule has 5 nitrogen and oxygen atoms in total. The van der Waals surface area contributed by atoms with Crippen molar-refractivity contribution in [2.24, 2.45) is 0 Å². The zero-order valence-corrected chi connectivity index (χ0v) is 16.6. The molecule has 3 rings (SSSR count). The quantitative estimate of drug-likeness (QED) is 0.777. The van der Waals surface area contributed by atoms with Crippen LogP contribution in [0.1, 0.15) is 12.1 Å². The summed E-state index contributed by atoms with van der Waals surface area (Å²) in [7, 11) is -3.24. The van der Waals surface area contributed by atoms with Gasteiger partial charge in [-0.2, -0.15) is 0 Å². The van der Waals surface area contributed by atoms with Gasteiger partial charge in [0.2, 0.25) is 10.0 Å². The van der Waals surface area contributed by atoms with E-state index in [2.05, 4.69) is 15.0 Å². The van der Waals surface area contributed by atoms with E-state index in [1.54, 1.807) is 6.07 Å². The number of hydrogen-bond acceptors (Lipinski definition) is 4. The summed E-state index contributed by atoms with van der Waals surface area (Å²) in [5.41, 5.74) is 2.27. The second-order valence-corrected chi connectivity index (χ2v) is 7.85. The Bertz CT molecular complexity index is 836. The normalized spacial score (nSPS) is 19.5. The van der Waals surface area contributed by atoms with Crippen LogP contribution in [-0.4, -0.2) is 38.3 Å². The number of halogens is 3. The first-order valence-corrected chi connectivity index (χ1v) is 9.72. The molecule has 1 aliphatic rings. The molecule has 1 aromatic heterocycles. The summed E-state index contributed by atoms with van der Waals surface area (Å²) in [6.45, 7) is 0.765. The van der Waals surface area contributed by atoms with Crippen molar-refractivity contribution in [3.8, 4) is 11.3 Å². The van der Waals surface area contributed by atoms with Crippen molar-refractivity contribution < 1.29 is 12.8 Å². The van der Waals surface area contributed by atoms with Gasteiger partial charge in [-0.1, -0.05) is 18.2 Å². The van der Waals surface area contributed by atoms with Gasteiger partial charge in [0, 0.05) is 29.8 Å². The molecule has 0 radical (unpaired) electrons. The van der Waals surface area contributed by atoms with Crippen molar-refractivity contribution in [1.29, 1.82) is 0 Å². The van der Waals surface area contributed by atoms with E-state index in [0.717, 1.165) is 24.2 Å². The molecule has 1 aliphatic heterocycles. The fourth-order valence-corrected chi connectivity index (χ4v) is 3.86. The third-order valence-corrected chi connectivity index (χ3v) is 4.80. The molecule has 1 aromatic carbocycles. The van der Waals surface area contributed by atoms with Crippen LogP contribution < -0.4 is 10.0 Å². The topological polar surface area (TPSA) is 71.1 Å². The molecule has 9 heteroatoms. The van der Waals surface area contributed by atoms with Crippen LogP contribution in [0.5, 0.6) is 0 Å². The van der Waals surface area contributed by atoms with Crippen LogP contribution in [0.4, 0.5) is 4.39 Å². The SMILES string of the molecule is CS(=O)(=O)N[C@H]1CCN[C@H]1Cc1cccc(-c2cccc(F)c2)n1.Cl.Cl. The molecule has 1 fully saturated rings. The lowest BCUT2D eigenvalue weighted by atomic mass is 10.0. The first-order valence-electron chi connectivity index (χ1n) is 7.83. The molecule has 26 heavy (non-hydrogen) atoms. The van der Waals surface area contributed by atoms with E-state index in [1.165, 1.54) is 18.4 Å². The van der Waals surface area contributed by atoms with E-state index in [1.807, 2.05) is 24.3 Å². The molecule has 2 atom stereocenters. The summed E-state index contributed by atoms with van der Waals surface area (Å²) < 4.78 is 39.0. The van der Waals surface area contributed by atoms with Crippen molar-refractivity contribution in [1.82, 2.24) is 15.0 Å². The van der Waals surface area contributed by atoms with Crippen molar-refractivity contribution >= 4 is 34.8 Å². The Morgan fingerprint density at radius 3 is 2.65 bits per heavy atom. The molecule has 0 unspecified atom stereocenters. The monoisotopic (exact) mass is 421 g/mol. The molecular weight excluding hydrogens is 400 g/mol. The average molecular weight is 422 g/mol. The predicted molar refractivity (Wildman–Crippen MR) is 106 cm³/mol. The number of nitrogens with one attached hydrogen (secondary N) is 2. The highest BCUT2D eigenvalue weighted by Crippen LogP contribution is 2.20. The fourth-order valence-electron chi connectivity index (χ4n) is 3.03. The van der Waals surface area contributed by atoms with Crippen LogP contribution in [0.25, 0.3) is 11.3 Å². The van der Waals surface area contributed by atoms with Crippen LogP contribution in [0, 0.1) is 5.82 Å². The average Bonchev–Trinajstić information content (AvgIpc) is 2.92. The van der Waals surface area contributed by atoms with Crippen molar-refractivity contribution in [3.05, 3.63) is 54.0 Å². The maximum absolute atomic E-state index is 13.4. The predicted octanol–water partition coefficient (Wildman–Crippen LogP) is 2.55. The first kappa shape index (κ1) is 22.8. The number of pyridine rings is 1. The molecule has 144 valence electrons. The van der Waals surface area contributed by atoms with Gasteiger partial charge >= 0.3 is 0 Å². The van der Waals surface area contributed by atoms with Gasteiger partial charge in [0.1, 0.15) is 5.82 Å². The number of hydrogen-bond donors (Lipinski definition) is 2. The smallest absolute Gasteiger partial charge is 0.209 e. The van der Waals surface area contributed by atoms with Gasteiger partial charge in [0.25, 0.3) is 0 Å². The minimum atomic E-state index is -3.24. The first-order chi connectivity index (χ1) is 11.4. The molecule has 2 aromatic rings. The zero-order valence-electron chi connectivity index (χ0n) is 14.2. The third-order valence-electron chi connectivity index (χ3n) is 4.07. The van der Waals surface area contributed by atoms with Gasteiger partial charge in [0.05, 0.1) is 11.9 Å². The van der Waals surface area contributed by atoms with Gasteiger partial charge in [-0.15, -0.1) is 24.8 Å². The van der Waals surface area contributed by atoms with Crippen LogP contribution in [-0.2, 0) is 16.4 Å². The molecule has 0 spiro atoms. The lowest BCUT2D eigenvalue weighted by Crippen LogP contribution is -2.44. The lowest BCUT2D eigenvalue weighted by molar-refractivity contribution is 0.491. The Hall–Kier alpha value is -1.25. The molecule has 0 amide bonds. The molecule has 2 N–H and O–H groups in total. The molecule has 0 bridgehead atoms. The Kier molecular flexibility index (Phi) is 8.43. The summed E-state index contributed by atoms with van der Waals surface area (Å²) in [5, 5.41) is 3.32. The summed E-state index contributed by atoms with van der Waals surface area (Å²) in [4.78, 5) is 4.59. The van der Waals surface area contributed by atoms with Crippen LogP contribution in [0.2, 0.25) is 0 Å². The molecule has 1 saturated heterocycles. The number of sulfonamides is 1. The van der Waals surface area contributed by atoms with Crippen molar-refractivity contribution in [3.63, 3.8) is 0 Å². The van der Waals surface area contributed by atoms with E-state index in [-0.39, 0.29) is 42.7 Å². The highest BCUT2D eigenvalue weighted by atomic mass is 35.5. The van der Waals surface area contributed by atoms with Gasteiger partial charge in [0.15, 0.2) is 0 Å². The second kappa shape index (κ2) is 9.62. The Morgan fingerprint density at radius 2 is 1.96 bits per heavy atom. The van der Waals surface area contributed by atoms with Crippen LogP contribution in [0.3, 0.4) is 0 Å². The fraction of sp³-hybridized carbons (Fsp3) is 0.353. The van der Waals surface area contributed by atoms with Crippen LogP contribution >= 0.6 is 24.8 Å². The maximum atomic E-state index is 13.4. The summed E-state index contributed by atoms with van der Waals surface area (Å²) >= 11 is 0. The number of benzene rings is 1. The van der Waals surface area contributed by atoms with E-state index >= 15 is 0 Å². The summed E-state index contributed by atoms with van der Waals surface area (Å²) in [6, 6.07) is 11.8. The van der Waals surface area contributed by atoms with E-state index in [9.17, 15) is 12.8 Å². The highest BCUT2D eigenvalue weighted by Gasteiger charge is 2.29. The van der Waals surface area contributed by atoms with E-state index < -0.39 is 10.0 Å². The standard InChI is InChI=1S/C17H20FN3O2S.2ClH/c1-24(22,23)21-16-8-9-19-17(16)11-14-6-3-7-15(20-14)12-4-2-5-13(18)10-12;;/h2-7,10,16-17,19,21H,8-9,11H2,1H3;2*1H/t16-,17-;;/m0../s1. The Morgan fingerprint density at radius 1 is 1.23 bits per heavy atom. The largest absolute Gasteiger partial charge is 0.312 e. The minimum Gasteiger partial charge on any atom is -0.312 e. The molecule has 0 aliphatic carbocycles. The van der Waals surface area contributed by atoms with Gasteiger partial charge in [-0.3, -0.25) is 4.98 Å². The molecule has 2 heterocycles. The number of nitrogens with zero attached hydrogens (tertiary/aromatic N) is 1. The van der Waals surface area contributed by atoms with Crippen molar-refractivity contribution in [2.75, 3.05) is 12.8 Å². The highest BCUT2D eigenvalue weighted by molar-refractivity contribution is 7.88. The molecule has 0 saturated carbocycles. The van der Waals surface area contributed by atoms with E-state index in [4.69, 9.17) is 0 Å². The van der Waals surface area contributed by atoms with Gasteiger partial charge < -0.3 is 5.32 Å². The zero-order chi connectivity index (χ0) is 17.2. The summed E-state index contributed by atoms with van der Waals surface area (Å²) in [6.07, 6.45) is 2.53. The second-order valence-electron chi connectivity index (χ2n) is 6.07. The number of rotatable bonds is 5. The molecular formula is C17H22Cl2FN3O2S. The van der Waals surface area contributed by atoms with Gasteiger partial charge in [-0.05, 0) is 37.2 Å². The number of aromatic nitrogens is 1. The summed E-state index contributed by atoms with van der Waals surface area (Å²) in [5.74, 6) is -0.297. The van der Waals surface area contributed by atoms with E-state index in [0.29, 0.717) is 12.1 Å².